The second-order valence-corrected chi connectivity index (χ2v) is 11.5. The molecule has 8 heteroatoms. The maximum atomic E-state index is 5.54. The SMILES string of the molecule is CC1CCc2c(sc(Nc3nc4cc5c(cc4s3)OCO5)c2-c2nc3ccccc3s2)C1. The largest absolute Gasteiger partial charge is 0.454 e. The van der Waals surface area contributed by atoms with E-state index in [4.69, 9.17) is 19.4 Å². The number of nitrogens with zero attached hydrogens (tertiary/aromatic N) is 2. The Balaban J connectivity index is 1.34. The molecular weight excluding hydrogens is 458 g/mol. The van der Waals surface area contributed by atoms with Crippen molar-refractivity contribution >= 4 is 64.6 Å². The Hall–Kier alpha value is -2.68. The van der Waals surface area contributed by atoms with Crippen LogP contribution in [0.2, 0.25) is 0 Å². The molecule has 0 saturated heterocycles. The summed E-state index contributed by atoms with van der Waals surface area (Å²) < 4.78 is 13.4. The van der Waals surface area contributed by atoms with Crippen molar-refractivity contribution in [2.24, 2.45) is 5.92 Å². The summed E-state index contributed by atoms with van der Waals surface area (Å²) in [5.41, 5.74) is 4.73. The summed E-state index contributed by atoms with van der Waals surface area (Å²) in [6, 6.07) is 12.4. The summed E-state index contributed by atoms with van der Waals surface area (Å²) in [7, 11) is 0. The van der Waals surface area contributed by atoms with E-state index in [9.17, 15) is 0 Å². The van der Waals surface area contributed by atoms with E-state index in [1.165, 1.54) is 27.1 Å². The zero-order valence-electron chi connectivity index (χ0n) is 17.3. The van der Waals surface area contributed by atoms with Crippen molar-refractivity contribution < 1.29 is 9.47 Å². The third-order valence-electron chi connectivity index (χ3n) is 6.12. The highest BCUT2D eigenvalue weighted by Gasteiger charge is 2.27. The molecule has 1 atom stereocenters. The van der Waals surface area contributed by atoms with Crippen molar-refractivity contribution in [2.75, 3.05) is 12.1 Å². The zero-order valence-corrected chi connectivity index (χ0v) is 19.8. The summed E-state index contributed by atoms with van der Waals surface area (Å²) >= 11 is 5.29. The number of rotatable bonds is 3. The number of fused-ring (bicyclic) bond motifs is 4. The molecule has 1 aliphatic heterocycles. The van der Waals surface area contributed by atoms with Crippen LogP contribution in [0.3, 0.4) is 0 Å². The number of benzene rings is 2. The maximum absolute atomic E-state index is 5.54. The van der Waals surface area contributed by atoms with E-state index in [0.29, 0.717) is 0 Å². The molecule has 1 aliphatic carbocycles. The molecule has 0 bridgehead atoms. The van der Waals surface area contributed by atoms with Crippen molar-refractivity contribution in [1.82, 2.24) is 9.97 Å². The molecule has 0 radical (unpaired) electrons. The summed E-state index contributed by atoms with van der Waals surface area (Å²) in [5, 5.41) is 6.80. The first-order valence-corrected chi connectivity index (χ1v) is 13.1. The molecule has 2 aliphatic rings. The number of nitrogens with one attached hydrogen (secondary N) is 1. The molecule has 1 N–H and O–H groups in total. The molecule has 2 aromatic carbocycles. The van der Waals surface area contributed by atoms with Crippen molar-refractivity contribution in [1.29, 1.82) is 0 Å². The Kier molecular flexibility index (Phi) is 4.22. The fourth-order valence-corrected chi connectivity index (χ4v) is 7.98. The highest BCUT2D eigenvalue weighted by atomic mass is 32.1. The molecule has 0 saturated carbocycles. The molecule has 160 valence electrons. The van der Waals surface area contributed by atoms with Crippen LogP contribution in [0.4, 0.5) is 10.1 Å². The second kappa shape index (κ2) is 7.16. The van der Waals surface area contributed by atoms with Gasteiger partial charge in [-0.2, -0.15) is 0 Å². The van der Waals surface area contributed by atoms with Crippen LogP contribution in [0.15, 0.2) is 36.4 Å². The van der Waals surface area contributed by atoms with E-state index in [-0.39, 0.29) is 6.79 Å². The number of anilines is 2. The molecule has 7 rings (SSSR count). The van der Waals surface area contributed by atoms with Gasteiger partial charge in [0.05, 0.1) is 20.4 Å². The minimum absolute atomic E-state index is 0.280. The van der Waals surface area contributed by atoms with E-state index in [1.807, 2.05) is 23.5 Å². The van der Waals surface area contributed by atoms with Crippen LogP contribution in [-0.2, 0) is 12.8 Å². The van der Waals surface area contributed by atoms with Crippen LogP contribution >= 0.6 is 34.0 Å². The third-order valence-corrected chi connectivity index (χ3v) is 9.28. The summed E-state index contributed by atoms with van der Waals surface area (Å²) in [5.74, 6) is 2.29. The Labute approximate surface area is 196 Å². The van der Waals surface area contributed by atoms with Crippen LogP contribution in [0.1, 0.15) is 23.8 Å². The van der Waals surface area contributed by atoms with E-state index in [0.717, 1.165) is 61.1 Å². The summed E-state index contributed by atoms with van der Waals surface area (Å²) in [6.45, 7) is 2.63. The van der Waals surface area contributed by atoms with E-state index in [2.05, 4.69) is 36.5 Å². The molecule has 1 unspecified atom stereocenters. The fraction of sp³-hybridized carbons (Fsp3) is 0.250. The first kappa shape index (κ1) is 18.8. The number of thiazole rings is 2. The predicted molar refractivity (Wildman–Crippen MR) is 133 cm³/mol. The van der Waals surface area contributed by atoms with Gasteiger partial charge in [0, 0.05) is 22.6 Å². The van der Waals surface area contributed by atoms with Gasteiger partial charge in [-0.25, -0.2) is 9.97 Å². The molecule has 32 heavy (non-hydrogen) atoms. The highest BCUT2D eigenvalue weighted by molar-refractivity contribution is 7.24. The monoisotopic (exact) mass is 477 g/mol. The summed E-state index contributed by atoms with van der Waals surface area (Å²) in [6.07, 6.45) is 3.48. The van der Waals surface area contributed by atoms with Gasteiger partial charge >= 0.3 is 0 Å². The van der Waals surface area contributed by atoms with Crippen molar-refractivity contribution in [3.8, 4) is 22.1 Å². The molecule has 5 nitrogen and oxygen atoms in total. The average Bonchev–Trinajstić information content (AvgIpc) is 3.54. The van der Waals surface area contributed by atoms with Gasteiger partial charge in [-0.15, -0.1) is 22.7 Å². The van der Waals surface area contributed by atoms with Crippen LogP contribution in [0.25, 0.3) is 31.0 Å². The Morgan fingerprint density at radius 3 is 2.75 bits per heavy atom. The molecule has 4 heterocycles. The number of para-hydroxylation sites is 1. The molecule has 0 spiro atoms. The maximum Gasteiger partial charge on any atom is 0.231 e. The minimum atomic E-state index is 0.280. The van der Waals surface area contributed by atoms with E-state index >= 15 is 0 Å². The lowest BCUT2D eigenvalue weighted by Gasteiger charge is -2.18. The van der Waals surface area contributed by atoms with Crippen molar-refractivity contribution in [3.63, 3.8) is 0 Å². The molecule has 0 fully saturated rings. The van der Waals surface area contributed by atoms with Gasteiger partial charge in [-0.05, 0) is 42.9 Å². The van der Waals surface area contributed by atoms with E-state index < -0.39 is 0 Å². The topological polar surface area (TPSA) is 56.3 Å². The quantitative estimate of drug-likeness (QED) is 0.297. The van der Waals surface area contributed by atoms with Crippen LogP contribution in [0, 0.1) is 5.92 Å². The molecular formula is C24H19N3O2S3. The van der Waals surface area contributed by atoms with Crippen LogP contribution < -0.4 is 14.8 Å². The molecule has 3 aromatic heterocycles. The Bertz CT molecular complexity index is 1430. The van der Waals surface area contributed by atoms with Gasteiger partial charge in [0.15, 0.2) is 16.6 Å². The number of hydrogen-bond acceptors (Lipinski definition) is 8. The second-order valence-electron chi connectivity index (χ2n) is 8.36. The first-order valence-electron chi connectivity index (χ1n) is 10.7. The fourth-order valence-electron chi connectivity index (χ4n) is 4.51. The minimum Gasteiger partial charge on any atom is -0.454 e. The first-order chi connectivity index (χ1) is 15.7. The normalized spacial score (nSPS) is 17.2. The van der Waals surface area contributed by atoms with Gasteiger partial charge in [-0.3, -0.25) is 0 Å². The summed E-state index contributed by atoms with van der Waals surface area (Å²) in [4.78, 5) is 11.3. The number of aromatic nitrogens is 2. The number of ether oxygens (including phenoxy) is 2. The molecule has 0 amide bonds. The highest BCUT2D eigenvalue weighted by Crippen LogP contribution is 2.48. The lowest BCUT2D eigenvalue weighted by molar-refractivity contribution is 0.174. The van der Waals surface area contributed by atoms with Gasteiger partial charge in [0.1, 0.15) is 10.0 Å². The van der Waals surface area contributed by atoms with Crippen LogP contribution in [0.5, 0.6) is 11.5 Å². The van der Waals surface area contributed by atoms with Crippen LogP contribution in [-0.4, -0.2) is 16.8 Å². The van der Waals surface area contributed by atoms with E-state index in [1.54, 1.807) is 22.7 Å². The zero-order chi connectivity index (χ0) is 21.2. The lowest BCUT2D eigenvalue weighted by atomic mass is 9.88. The van der Waals surface area contributed by atoms with Gasteiger partial charge in [0.25, 0.3) is 0 Å². The Morgan fingerprint density at radius 1 is 0.969 bits per heavy atom. The standard InChI is InChI=1S/C24H19N3O2S3/c1-12-6-7-13-19(8-12)31-23(21(13)22-25-14-4-2-3-5-18(14)30-22)27-24-26-15-9-16-17(29-11-28-16)10-20(15)32-24/h2-5,9-10,12H,6-8,11H2,1H3,(H,26,27). The van der Waals surface area contributed by atoms with Crippen molar-refractivity contribution in [3.05, 3.63) is 46.8 Å². The number of hydrogen-bond donors (Lipinski definition) is 1. The van der Waals surface area contributed by atoms with Gasteiger partial charge in [0.2, 0.25) is 6.79 Å². The predicted octanol–water partition coefficient (Wildman–Crippen LogP) is 7.23. The van der Waals surface area contributed by atoms with Gasteiger partial charge < -0.3 is 14.8 Å². The smallest absolute Gasteiger partial charge is 0.231 e. The number of thiophene rings is 1. The Morgan fingerprint density at radius 2 is 1.84 bits per heavy atom. The molecule has 5 aromatic rings. The average molecular weight is 478 g/mol. The lowest BCUT2D eigenvalue weighted by Crippen LogP contribution is -2.09. The van der Waals surface area contributed by atoms with Gasteiger partial charge in [-0.1, -0.05) is 30.4 Å². The third kappa shape index (κ3) is 3.01. The van der Waals surface area contributed by atoms with Crippen molar-refractivity contribution in [2.45, 2.75) is 26.2 Å².